The van der Waals surface area contributed by atoms with Gasteiger partial charge in [-0.1, -0.05) is 29.2 Å². The van der Waals surface area contributed by atoms with Gasteiger partial charge in [0.05, 0.1) is 5.25 Å². The number of carbonyl (C=O) groups is 1. The molecule has 1 atom stereocenters. The van der Waals surface area contributed by atoms with Crippen LogP contribution in [0.4, 0.5) is 19.6 Å². The maximum absolute atomic E-state index is 13.2. The first-order chi connectivity index (χ1) is 13.0. The third-order valence-corrected chi connectivity index (χ3v) is 6.47. The van der Waals surface area contributed by atoms with Gasteiger partial charge >= 0.3 is 0 Å². The van der Waals surface area contributed by atoms with Crippen LogP contribution in [0.3, 0.4) is 0 Å². The van der Waals surface area contributed by atoms with Crippen molar-refractivity contribution in [2.45, 2.75) is 22.9 Å². The minimum absolute atomic E-state index is 0.208. The van der Waals surface area contributed by atoms with Gasteiger partial charge < -0.3 is 10.6 Å². The van der Waals surface area contributed by atoms with E-state index < -0.39 is 16.9 Å². The van der Waals surface area contributed by atoms with Crippen LogP contribution in [0.15, 0.2) is 40.1 Å². The summed E-state index contributed by atoms with van der Waals surface area (Å²) in [5.41, 5.74) is 0.208. The zero-order chi connectivity index (χ0) is 19.2. The lowest BCUT2D eigenvalue weighted by Gasteiger charge is -2.10. The monoisotopic (exact) mass is 426 g/mol. The van der Waals surface area contributed by atoms with E-state index in [1.807, 2.05) is 11.4 Å². The maximum atomic E-state index is 13.2. The average Bonchev–Trinajstić information content (AvgIpc) is 3.30. The SMILES string of the molecule is CC(Sc1nnc(NCCc2cccs2)s1)C(=O)Nc1ccc(F)c(F)c1. The molecule has 0 saturated heterocycles. The van der Waals surface area contributed by atoms with Crippen molar-refractivity contribution in [3.05, 3.63) is 52.2 Å². The Morgan fingerprint density at radius 3 is 2.85 bits per heavy atom. The number of carbonyl (C=O) groups excluding carboxylic acids is 1. The molecule has 0 fully saturated rings. The van der Waals surface area contributed by atoms with Crippen LogP contribution in [-0.4, -0.2) is 27.9 Å². The van der Waals surface area contributed by atoms with E-state index in [4.69, 9.17) is 0 Å². The van der Waals surface area contributed by atoms with Crippen molar-refractivity contribution in [1.29, 1.82) is 0 Å². The molecule has 0 radical (unpaired) electrons. The number of nitrogens with one attached hydrogen (secondary N) is 2. The molecule has 0 aliphatic heterocycles. The molecule has 27 heavy (non-hydrogen) atoms. The maximum Gasteiger partial charge on any atom is 0.237 e. The summed E-state index contributed by atoms with van der Waals surface area (Å²) in [4.78, 5) is 13.5. The summed E-state index contributed by atoms with van der Waals surface area (Å²) in [6.45, 7) is 2.47. The zero-order valence-corrected chi connectivity index (χ0v) is 16.7. The Kier molecular flexibility index (Phi) is 6.75. The summed E-state index contributed by atoms with van der Waals surface area (Å²) >= 11 is 4.34. The summed E-state index contributed by atoms with van der Waals surface area (Å²) < 4.78 is 26.8. The summed E-state index contributed by atoms with van der Waals surface area (Å²) in [5.74, 6) is -2.28. The highest BCUT2D eigenvalue weighted by Crippen LogP contribution is 2.29. The quantitative estimate of drug-likeness (QED) is 0.513. The highest BCUT2D eigenvalue weighted by Gasteiger charge is 2.18. The van der Waals surface area contributed by atoms with Crippen LogP contribution in [0, 0.1) is 11.6 Å². The van der Waals surface area contributed by atoms with Crippen molar-refractivity contribution in [3.8, 4) is 0 Å². The standard InChI is InChI=1S/C17H16F2N4OS3/c1-10(15(24)21-11-4-5-13(18)14(19)9-11)26-17-23-22-16(27-17)20-7-6-12-3-2-8-25-12/h2-5,8-10H,6-7H2,1H3,(H,20,22)(H,21,24). The van der Waals surface area contributed by atoms with E-state index in [1.54, 1.807) is 18.3 Å². The van der Waals surface area contributed by atoms with Gasteiger partial charge in [0, 0.05) is 23.2 Å². The smallest absolute Gasteiger partial charge is 0.237 e. The number of anilines is 2. The number of amides is 1. The van der Waals surface area contributed by atoms with Gasteiger partial charge in [-0.3, -0.25) is 4.79 Å². The van der Waals surface area contributed by atoms with Gasteiger partial charge in [0.2, 0.25) is 11.0 Å². The van der Waals surface area contributed by atoms with Crippen molar-refractivity contribution < 1.29 is 13.6 Å². The molecule has 10 heteroatoms. The molecule has 0 saturated carbocycles. The molecule has 0 aliphatic carbocycles. The van der Waals surface area contributed by atoms with E-state index in [-0.39, 0.29) is 11.6 Å². The topological polar surface area (TPSA) is 66.9 Å². The van der Waals surface area contributed by atoms with Crippen LogP contribution in [0.25, 0.3) is 0 Å². The number of nitrogens with zero attached hydrogens (tertiary/aromatic N) is 2. The predicted octanol–water partition coefficient (Wildman–Crippen LogP) is 4.65. The second-order valence-electron chi connectivity index (χ2n) is 5.51. The molecule has 1 amide bonds. The molecule has 0 bridgehead atoms. The van der Waals surface area contributed by atoms with Crippen molar-refractivity contribution in [3.63, 3.8) is 0 Å². The predicted molar refractivity (Wildman–Crippen MR) is 107 cm³/mol. The van der Waals surface area contributed by atoms with Gasteiger partial charge in [0.25, 0.3) is 0 Å². The molecular formula is C17H16F2N4OS3. The van der Waals surface area contributed by atoms with Crippen molar-refractivity contribution in [1.82, 2.24) is 10.2 Å². The molecule has 0 spiro atoms. The van der Waals surface area contributed by atoms with Crippen LogP contribution in [-0.2, 0) is 11.2 Å². The highest BCUT2D eigenvalue weighted by atomic mass is 32.2. The van der Waals surface area contributed by atoms with Gasteiger partial charge in [-0.25, -0.2) is 8.78 Å². The first kappa shape index (κ1) is 19.7. The van der Waals surface area contributed by atoms with Crippen LogP contribution >= 0.6 is 34.4 Å². The second kappa shape index (κ2) is 9.25. The van der Waals surface area contributed by atoms with E-state index in [9.17, 15) is 13.6 Å². The summed E-state index contributed by atoms with van der Waals surface area (Å²) in [6.07, 6.45) is 0.909. The van der Waals surface area contributed by atoms with E-state index in [2.05, 4.69) is 26.9 Å². The second-order valence-corrected chi connectivity index (χ2v) is 9.11. The van der Waals surface area contributed by atoms with E-state index >= 15 is 0 Å². The lowest BCUT2D eigenvalue weighted by Crippen LogP contribution is -2.22. The minimum atomic E-state index is -1.00. The van der Waals surface area contributed by atoms with Gasteiger partial charge in [0.1, 0.15) is 0 Å². The third kappa shape index (κ3) is 5.72. The molecule has 2 aromatic heterocycles. The number of thiophene rings is 1. The van der Waals surface area contributed by atoms with Crippen LogP contribution < -0.4 is 10.6 Å². The molecular weight excluding hydrogens is 410 g/mol. The molecule has 3 aromatic rings. The molecule has 142 valence electrons. The Labute approximate surface area is 167 Å². The highest BCUT2D eigenvalue weighted by molar-refractivity contribution is 8.02. The first-order valence-electron chi connectivity index (χ1n) is 8.03. The lowest BCUT2D eigenvalue weighted by molar-refractivity contribution is -0.115. The number of hydrogen-bond donors (Lipinski definition) is 2. The van der Waals surface area contributed by atoms with Crippen molar-refractivity contribution in [2.24, 2.45) is 0 Å². The first-order valence-corrected chi connectivity index (χ1v) is 10.6. The number of aromatic nitrogens is 2. The molecule has 0 aliphatic rings. The zero-order valence-electron chi connectivity index (χ0n) is 14.2. The Balaban J connectivity index is 1.48. The fraction of sp³-hybridized carbons (Fsp3) is 0.235. The third-order valence-electron chi connectivity index (χ3n) is 3.47. The Hall–Kier alpha value is -2.04. The number of hydrogen-bond acceptors (Lipinski definition) is 7. The van der Waals surface area contributed by atoms with Crippen LogP contribution in [0.5, 0.6) is 0 Å². The average molecular weight is 427 g/mol. The molecule has 1 aromatic carbocycles. The Morgan fingerprint density at radius 1 is 1.26 bits per heavy atom. The van der Waals surface area contributed by atoms with E-state index in [0.717, 1.165) is 25.1 Å². The summed E-state index contributed by atoms with van der Waals surface area (Å²) in [6, 6.07) is 7.34. The molecule has 2 heterocycles. The molecule has 5 nitrogen and oxygen atoms in total. The van der Waals surface area contributed by atoms with Crippen molar-refractivity contribution >= 4 is 51.2 Å². The van der Waals surface area contributed by atoms with E-state index in [0.29, 0.717) is 9.47 Å². The van der Waals surface area contributed by atoms with Crippen LogP contribution in [0.2, 0.25) is 0 Å². The minimum Gasteiger partial charge on any atom is -0.360 e. The Bertz CT molecular complexity index is 901. The van der Waals surface area contributed by atoms with Crippen molar-refractivity contribution in [2.75, 3.05) is 17.2 Å². The summed E-state index contributed by atoms with van der Waals surface area (Å²) in [7, 11) is 0. The number of rotatable bonds is 8. The molecule has 2 N–H and O–H groups in total. The molecule has 3 rings (SSSR count). The van der Waals surface area contributed by atoms with Gasteiger partial charge in [-0.2, -0.15) is 0 Å². The van der Waals surface area contributed by atoms with Gasteiger partial charge in [-0.05, 0) is 36.9 Å². The van der Waals surface area contributed by atoms with Gasteiger partial charge in [-0.15, -0.1) is 21.5 Å². The fourth-order valence-corrected chi connectivity index (χ4v) is 4.73. The largest absolute Gasteiger partial charge is 0.360 e. The fourth-order valence-electron chi connectivity index (χ4n) is 2.10. The lowest BCUT2D eigenvalue weighted by atomic mass is 10.3. The number of benzene rings is 1. The van der Waals surface area contributed by atoms with Gasteiger partial charge in [0.15, 0.2) is 16.0 Å². The number of thioether (sulfide) groups is 1. The normalized spacial score (nSPS) is 12.0. The summed E-state index contributed by atoms with van der Waals surface area (Å²) in [5, 5.41) is 16.2. The number of halogens is 2. The Morgan fingerprint density at radius 2 is 2.11 bits per heavy atom. The van der Waals surface area contributed by atoms with Crippen LogP contribution in [0.1, 0.15) is 11.8 Å². The van der Waals surface area contributed by atoms with E-state index in [1.165, 1.54) is 34.0 Å². The molecule has 1 unspecified atom stereocenters.